The lowest BCUT2D eigenvalue weighted by atomic mass is 9.85. The molecule has 5 N–H and O–H groups in total. The molecule has 2 aromatic carbocycles. The Morgan fingerprint density at radius 1 is 1.01 bits per heavy atom. The van der Waals surface area contributed by atoms with Gasteiger partial charge < -0.3 is 40.9 Å². The lowest BCUT2D eigenvalue weighted by Crippen LogP contribution is -2.57. The maximum absolute atomic E-state index is 14.1. The van der Waals surface area contributed by atoms with Crippen molar-refractivity contribution in [3.05, 3.63) is 89.2 Å². The number of likely N-dealkylation sites (tertiary alicyclic amines) is 1. The molecule has 2 aliphatic heterocycles. The summed E-state index contributed by atoms with van der Waals surface area (Å²) in [6, 6.07) is 11.6. The molecule has 1 saturated carbocycles. The third-order valence-corrected chi connectivity index (χ3v) is 14.0. The van der Waals surface area contributed by atoms with Crippen molar-refractivity contribution in [2.24, 2.45) is 5.41 Å². The second kappa shape index (κ2) is 20.2. The van der Waals surface area contributed by atoms with Gasteiger partial charge in [0.2, 0.25) is 23.7 Å². The van der Waals surface area contributed by atoms with Gasteiger partial charge in [-0.25, -0.2) is 15.0 Å². The highest BCUT2D eigenvalue weighted by atomic mass is 32.1. The maximum Gasteiger partial charge on any atom is 0.251 e. The summed E-state index contributed by atoms with van der Waals surface area (Å²) in [4.78, 5) is 77.7. The number of amides is 4. The van der Waals surface area contributed by atoms with Crippen molar-refractivity contribution in [1.82, 2.24) is 45.4 Å². The smallest absolute Gasteiger partial charge is 0.251 e. The molecule has 8 rings (SSSR count). The van der Waals surface area contributed by atoms with Crippen LogP contribution in [0.15, 0.2) is 66.7 Å². The quantitative estimate of drug-likeness (QED) is 0.0684. The van der Waals surface area contributed by atoms with E-state index in [0.717, 1.165) is 58.2 Å². The van der Waals surface area contributed by atoms with Gasteiger partial charge in [-0.3, -0.25) is 23.7 Å². The summed E-state index contributed by atoms with van der Waals surface area (Å²) in [6.07, 6.45) is 10.7. The summed E-state index contributed by atoms with van der Waals surface area (Å²) < 4.78 is 7.78. The van der Waals surface area contributed by atoms with Crippen LogP contribution in [0.25, 0.3) is 16.1 Å². The molecule has 0 spiro atoms. The number of thiazole rings is 1. The Hall–Kier alpha value is -6.40. The predicted octanol–water partition coefficient (Wildman–Crippen LogP) is 6.38. The lowest BCUT2D eigenvalue weighted by molar-refractivity contribution is -0.144. The average Bonchev–Trinajstić information content (AvgIpc) is 4.17. The third-order valence-electron chi connectivity index (χ3n) is 13.0. The Kier molecular flexibility index (Phi) is 14.2. The minimum atomic E-state index is -0.965. The zero-order valence-electron chi connectivity index (χ0n) is 39.0. The fourth-order valence-electron chi connectivity index (χ4n) is 9.47. The first-order chi connectivity index (χ1) is 32.2. The van der Waals surface area contributed by atoms with Crippen LogP contribution >= 0.6 is 11.3 Å². The number of aromatic nitrogens is 5. The van der Waals surface area contributed by atoms with Crippen LogP contribution in [-0.2, 0) is 20.9 Å². The van der Waals surface area contributed by atoms with Gasteiger partial charge in [0.25, 0.3) is 5.91 Å². The van der Waals surface area contributed by atoms with Crippen LogP contribution in [-0.4, -0.2) is 103 Å². The van der Waals surface area contributed by atoms with Crippen molar-refractivity contribution in [3.8, 4) is 21.9 Å². The summed E-state index contributed by atoms with van der Waals surface area (Å²) >= 11 is 1.57. The summed E-state index contributed by atoms with van der Waals surface area (Å²) in [5.74, 6) is 0.173. The molecule has 17 nitrogen and oxygen atoms in total. The Bertz CT molecular complexity index is 2580. The number of fused-ring (bicyclic) bond motifs is 3. The first-order valence-corrected chi connectivity index (χ1v) is 24.1. The second-order valence-electron chi connectivity index (χ2n) is 18.7. The standard InChI is InChI=1S/C49H61N11O6S/c1-7-36-38-24-50-27-59(38)39-25-53-48(57-44(39)60(36)33-11-8-9-12-33)55-35-19-18-32(21-40(35)66-6)45(63)51-20-10-13-41(62)56-43(49(3,4)5)47(65)58-26-34(61)22-37(58)46(64)52-23-30-14-16-31(17-15-30)42-29(2)54-28-67-42/h14-19,21,24-25,27-28,33-34,36-37,43,61H,7-13,20,22-23,26H2,1-6H3,(H,51,63)(H,52,64)(H,56,62)(H,53,55,57)/t34-,36-,37+,43-/m1/s1. The molecule has 0 bridgehead atoms. The van der Waals surface area contributed by atoms with E-state index in [9.17, 15) is 24.3 Å². The number of rotatable bonds is 16. The van der Waals surface area contributed by atoms with Crippen molar-refractivity contribution < 1.29 is 29.0 Å². The van der Waals surface area contributed by atoms with Crippen molar-refractivity contribution in [1.29, 1.82) is 0 Å². The molecule has 18 heteroatoms. The van der Waals surface area contributed by atoms with Crippen LogP contribution in [0.3, 0.4) is 0 Å². The van der Waals surface area contributed by atoms with Crippen LogP contribution in [0, 0.1) is 12.3 Å². The molecular weight excluding hydrogens is 871 g/mol. The van der Waals surface area contributed by atoms with E-state index in [0.29, 0.717) is 35.4 Å². The number of nitrogens with zero attached hydrogens (tertiary/aromatic N) is 7. The number of β-amino-alcohol motifs (C(OH)–C–C–N with tert-alkyl or cyclic N) is 1. The van der Waals surface area contributed by atoms with Gasteiger partial charge in [-0.1, -0.05) is 64.8 Å². The van der Waals surface area contributed by atoms with Gasteiger partial charge in [-0.2, -0.15) is 4.98 Å². The van der Waals surface area contributed by atoms with E-state index in [1.807, 2.05) is 76.2 Å². The molecule has 0 radical (unpaired) electrons. The minimum Gasteiger partial charge on any atom is -0.495 e. The van der Waals surface area contributed by atoms with Gasteiger partial charge in [0, 0.05) is 44.1 Å². The van der Waals surface area contributed by atoms with E-state index < -0.39 is 29.5 Å². The Morgan fingerprint density at radius 3 is 2.49 bits per heavy atom. The first kappa shape index (κ1) is 47.1. The lowest BCUT2D eigenvalue weighted by Gasteiger charge is -2.41. The molecule has 67 heavy (non-hydrogen) atoms. The van der Waals surface area contributed by atoms with E-state index >= 15 is 0 Å². The predicted molar refractivity (Wildman–Crippen MR) is 256 cm³/mol. The molecule has 4 atom stereocenters. The molecule has 354 valence electrons. The molecule has 0 unspecified atom stereocenters. The highest BCUT2D eigenvalue weighted by Gasteiger charge is 2.44. The summed E-state index contributed by atoms with van der Waals surface area (Å²) in [5.41, 5.74) is 6.99. The van der Waals surface area contributed by atoms with Crippen molar-refractivity contribution in [2.75, 3.05) is 30.4 Å². The van der Waals surface area contributed by atoms with Gasteiger partial charge in [-0.15, -0.1) is 11.3 Å². The molecule has 4 amide bonds. The number of methoxy groups -OCH3 is 1. The largest absolute Gasteiger partial charge is 0.495 e. The number of aryl methyl sites for hydroxylation is 1. The van der Waals surface area contributed by atoms with Crippen LogP contribution in [0.1, 0.15) is 112 Å². The Morgan fingerprint density at radius 2 is 1.79 bits per heavy atom. The zero-order valence-corrected chi connectivity index (χ0v) is 39.9. The number of aliphatic hydroxyl groups is 1. The average molecular weight is 932 g/mol. The van der Waals surface area contributed by atoms with E-state index in [4.69, 9.17) is 9.72 Å². The number of anilines is 3. The molecule has 5 aromatic rings. The molecule has 1 saturated heterocycles. The number of aliphatic hydroxyl groups excluding tert-OH is 1. The van der Waals surface area contributed by atoms with Gasteiger partial charge in [0.1, 0.15) is 23.5 Å². The van der Waals surface area contributed by atoms with E-state index in [2.05, 4.69) is 52.6 Å². The fraction of sp³-hybridized carbons (Fsp3) is 0.469. The van der Waals surface area contributed by atoms with Crippen molar-refractivity contribution in [3.63, 3.8) is 0 Å². The van der Waals surface area contributed by atoms with E-state index in [1.54, 1.807) is 29.5 Å². The Balaban J connectivity index is 0.838. The number of hydrogen-bond acceptors (Lipinski definition) is 13. The molecule has 5 heterocycles. The molecule has 3 aliphatic rings. The van der Waals surface area contributed by atoms with E-state index in [-0.39, 0.29) is 56.2 Å². The number of carbonyl (C=O) groups excluding carboxylic acids is 4. The SMILES string of the molecule is CC[C@@H]1c2cncn2-c2cnc(Nc3ccc(C(=O)NCCCC(=O)N[C@H](C(=O)N4C[C@H](O)C[C@H]4C(=O)NCc4ccc(-c5scnc5C)cc4)C(C)(C)C)cc3OC)nc2N1C1CCCC1. The van der Waals surface area contributed by atoms with Crippen LogP contribution in [0.5, 0.6) is 5.75 Å². The van der Waals surface area contributed by atoms with E-state index in [1.165, 1.54) is 24.9 Å². The third kappa shape index (κ3) is 10.3. The molecule has 1 aliphatic carbocycles. The number of carbonyl (C=O) groups is 4. The first-order valence-electron chi connectivity index (χ1n) is 23.2. The number of ether oxygens (including phenoxy) is 1. The van der Waals surface area contributed by atoms with Crippen LogP contribution in [0.4, 0.5) is 17.5 Å². The maximum atomic E-state index is 14.1. The fourth-order valence-corrected chi connectivity index (χ4v) is 10.3. The number of hydrogen-bond donors (Lipinski definition) is 5. The van der Waals surface area contributed by atoms with Crippen molar-refractivity contribution in [2.45, 2.75) is 123 Å². The zero-order chi connectivity index (χ0) is 47.4. The Labute approximate surface area is 395 Å². The van der Waals surface area contributed by atoms with Gasteiger partial charge in [0.15, 0.2) is 5.82 Å². The molecular formula is C49H61N11O6S. The van der Waals surface area contributed by atoms with Gasteiger partial charge in [0.05, 0.1) is 65.4 Å². The summed E-state index contributed by atoms with van der Waals surface area (Å²) in [7, 11) is 1.53. The van der Waals surface area contributed by atoms with Crippen molar-refractivity contribution >= 4 is 52.4 Å². The second-order valence-corrected chi connectivity index (χ2v) is 19.6. The number of nitrogens with one attached hydrogen (secondary N) is 4. The number of benzene rings is 2. The van der Waals surface area contributed by atoms with Gasteiger partial charge >= 0.3 is 0 Å². The molecule has 2 fully saturated rings. The summed E-state index contributed by atoms with van der Waals surface area (Å²) in [6.45, 7) is 10.1. The highest BCUT2D eigenvalue weighted by molar-refractivity contribution is 7.13. The number of imidazole rings is 1. The molecule has 3 aromatic heterocycles. The minimum absolute atomic E-state index is 0.0237. The topological polar surface area (TPSA) is 209 Å². The van der Waals surface area contributed by atoms with Gasteiger partial charge in [-0.05, 0) is 67.3 Å². The highest BCUT2D eigenvalue weighted by Crippen LogP contribution is 2.44. The van der Waals surface area contributed by atoms with Crippen LogP contribution in [0.2, 0.25) is 0 Å². The monoisotopic (exact) mass is 931 g/mol. The van der Waals surface area contributed by atoms with Crippen LogP contribution < -0.4 is 30.9 Å². The summed E-state index contributed by atoms with van der Waals surface area (Å²) in [5, 5.41) is 22.6. The normalized spacial score (nSPS) is 18.5.